The molecule has 0 atom stereocenters. The van der Waals surface area contributed by atoms with E-state index in [0.29, 0.717) is 42.6 Å². The van der Waals surface area contributed by atoms with Crippen molar-refractivity contribution in [2.45, 2.75) is 33.1 Å². The second-order valence-corrected chi connectivity index (χ2v) is 8.56. The molecule has 0 spiro atoms. The molecule has 0 saturated carbocycles. The molecule has 0 radical (unpaired) electrons. The van der Waals surface area contributed by atoms with Crippen LogP contribution < -0.4 is 19.7 Å². The van der Waals surface area contributed by atoms with E-state index in [9.17, 15) is 13.2 Å². The lowest BCUT2D eigenvalue weighted by Crippen LogP contribution is -2.38. The van der Waals surface area contributed by atoms with E-state index in [1.165, 1.54) is 11.4 Å². The van der Waals surface area contributed by atoms with Crippen molar-refractivity contribution in [1.29, 1.82) is 0 Å². The highest BCUT2D eigenvalue weighted by Crippen LogP contribution is 2.34. The van der Waals surface area contributed by atoms with Gasteiger partial charge in [0, 0.05) is 24.8 Å². The van der Waals surface area contributed by atoms with Crippen molar-refractivity contribution in [2.75, 3.05) is 35.6 Å². The van der Waals surface area contributed by atoms with Gasteiger partial charge in [0.25, 0.3) is 0 Å². The molecule has 2 rings (SSSR count). The summed E-state index contributed by atoms with van der Waals surface area (Å²) in [6.07, 6.45) is 2.40. The first-order chi connectivity index (χ1) is 11.8. The van der Waals surface area contributed by atoms with Gasteiger partial charge >= 0.3 is 6.03 Å². The zero-order chi connectivity index (χ0) is 18.4. The van der Waals surface area contributed by atoms with Crippen molar-refractivity contribution in [3.63, 3.8) is 0 Å². The molecule has 1 fully saturated rings. The Hall–Kier alpha value is -1.96. The van der Waals surface area contributed by atoms with Gasteiger partial charge in [0.15, 0.2) is 0 Å². The van der Waals surface area contributed by atoms with E-state index in [2.05, 4.69) is 24.5 Å². The van der Waals surface area contributed by atoms with Crippen LogP contribution >= 0.6 is 0 Å². The summed E-state index contributed by atoms with van der Waals surface area (Å²) >= 11 is 0. The van der Waals surface area contributed by atoms with Gasteiger partial charge in [-0.1, -0.05) is 13.8 Å². The van der Waals surface area contributed by atoms with Crippen LogP contribution in [0, 0.1) is 5.92 Å². The SMILES string of the molecule is COc1cc(NC(=O)NCCC(C)C)ccc1N1CCCCS1(=O)=O. The van der Waals surface area contributed by atoms with Gasteiger partial charge in [-0.25, -0.2) is 13.2 Å². The number of amides is 2. The predicted molar refractivity (Wildman–Crippen MR) is 99.8 cm³/mol. The molecule has 0 aromatic heterocycles. The lowest BCUT2D eigenvalue weighted by Gasteiger charge is -2.29. The van der Waals surface area contributed by atoms with Gasteiger partial charge in [0.2, 0.25) is 10.0 Å². The zero-order valence-electron chi connectivity index (χ0n) is 15.0. The Morgan fingerprint density at radius 2 is 2.08 bits per heavy atom. The lowest BCUT2D eigenvalue weighted by molar-refractivity contribution is 0.251. The van der Waals surface area contributed by atoms with Crippen LogP contribution in [0.4, 0.5) is 16.2 Å². The van der Waals surface area contributed by atoms with Crippen molar-refractivity contribution in [2.24, 2.45) is 5.92 Å². The van der Waals surface area contributed by atoms with Gasteiger partial charge in [0.1, 0.15) is 5.75 Å². The predicted octanol–water partition coefficient (Wildman–Crippen LogP) is 2.79. The summed E-state index contributed by atoms with van der Waals surface area (Å²) in [6.45, 7) is 5.24. The van der Waals surface area contributed by atoms with Gasteiger partial charge in [0.05, 0.1) is 18.6 Å². The molecule has 0 aliphatic carbocycles. The van der Waals surface area contributed by atoms with Crippen LogP contribution in [0.15, 0.2) is 18.2 Å². The van der Waals surface area contributed by atoms with Crippen LogP contribution in [0.3, 0.4) is 0 Å². The average molecular weight is 369 g/mol. The number of carbonyl (C=O) groups excluding carboxylic acids is 1. The third-order valence-electron chi connectivity index (χ3n) is 4.06. The van der Waals surface area contributed by atoms with E-state index in [4.69, 9.17) is 4.74 Å². The topological polar surface area (TPSA) is 87.7 Å². The maximum atomic E-state index is 12.3. The summed E-state index contributed by atoms with van der Waals surface area (Å²) in [4.78, 5) is 11.9. The Kier molecular flexibility index (Phi) is 6.52. The number of nitrogens with one attached hydrogen (secondary N) is 2. The van der Waals surface area contributed by atoms with E-state index in [1.807, 2.05) is 0 Å². The number of sulfonamides is 1. The number of nitrogens with zero attached hydrogens (tertiary/aromatic N) is 1. The van der Waals surface area contributed by atoms with Crippen LogP contribution in [0.5, 0.6) is 5.75 Å². The third kappa shape index (κ3) is 5.26. The normalized spacial score (nSPS) is 16.6. The number of carbonyl (C=O) groups is 1. The fraction of sp³-hybridized carbons (Fsp3) is 0.588. The highest BCUT2D eigenvalue weighted by Gasteiger charge is 2.28. The molecule has 25 heavy (non-hydrogen) atoms. The van der Waals surface area contributed by atoms with E-state index < -0.39 is 10.0 Å². The van der Waals surface area contributed by atoms with Crippen molar-refractivity contribution in [3.05, 3.63) is 18.2 Å². The van der Waals surface area contributed by atoms with Crippen LogP contribution in [0.2, 0.25) is 0 Å². The Labute approximate surface area is 149 Å². The zero-order valence-corrected chi connectivity index (χ0v) is 15.9. The van der Waals surface area contributed by atoms with E-state index in [-0.39, 0.29) is 11.8 Å². The summed E-state index contributed by atoms with van der Waals surface area (Å²) in [6, 6.07) is 4.71. The Morgan fingerprint density at radius 1 is 1.32 bits per heavy atom. The maximum Gasteiger partial charge on any atom is 0.319 e. The van der Waals surface area contributed by atoms with Crippen molar-refractivity contribution in [3.8, 4) is 5.75 Å². The molecule has 0 unspecified atom stereocenters. The van der Waals surface area contributed by atoms with Gasteiger partial charge in [-0.2, -0.15) is 0 Å². The monoisotopic (exact) mass is 369 g/mol. The van der Waals surface area contributed by atoms with Crippen LogP contribution in [0.25, 0.3) is 0 Å². The summed E-state index contributed by atoms with van der Waals surface area (Å²) in [7, 11) is -1.82. The number of methoxy groups -OCH3 is 1. The number of anilines is 2. The largest absolute Gasteiger partial charge is 0.494 e. The average Bonchev–Trinajstić information content (AvgIpc) is 2.54. The van der Waals surface area contributed by atoms with Gasteiger partial charge in [-0.15, -0.1) is 0 Å². The van der Waals surface area contributed by atoms with Crippen LogP contribution in [-0.2, 0) is 10.0 Å². The Bertz CT molecular complexity index is 704. The second-order valence-electron chi connectivity index (χ2n) is 6.55. The molecule has 2 amide bonds. The molecular formula is C17H27N3O4S. The molecule has 1 aliphatic heterocycles. The minimum absolute atomic E-state index is 0.147. The summed E-state index contributed by atoms with van der Waals surface area (Å²) in [5.41, 5.74) is 1.06. The molecule has 2 N–H and O–H groups in total. The van der Waals surface area contributed by atoms with Crippen molar-refractivity contribution < 1.29 is 17.9 Å². The molecule has 1 aliphatic rings. The number of rotatable bonds is 6. The molecule has 1 aromatic rings. The first kappa shape index (κ1) is 19.4. The Morgan fingerprint density at radius 3 is 2.72 bits per heavy atom. The van der Waals surface area contributed by atoms with Crippen LogP contribution in [0.1, 0.15) is 33.1 Å². The van der Waals surface area contributed by atoms with E-state index >= 15 is 0 Å². The van der Waals surface area contributed by atoms with E-state index in [0.717, 1.165) is 12.8 Å². The molecule has 1 heterocycles. The first-order valence-electron chi connectivity index (χ1n) is 8.57. The van der Waals surface area contributed by atoms with Gasteiger partial charge in [-0.05, 0) is 37.3 Å². The van der Waals surface area contributed by atoms with Gasteiger partial charge in [-0.3, -0.25) is 4.31 Å². The molecule has 1 aromatic carbocycles. The smallest absolute Gasteiger partial charge is 0.319 e. The highest BCUT2D eigenvalue weighted by atomic mass is 32.2. The number of hydrogen-bond donors (Lipinski definition) is 2. The molecule has 1 saturated heterocycles. The fourth-order valence-corrected chi connectivity index (χ4v) is 4.32. The summed E-state index contributed by atoms with van der Waals surface area (Å²) in [5.74, 6) is 1.09. The molecule has 7 nitrogen and oxygen atoms in total. The highest BCUT2D eigenvalue weighted by molar-refractivity contribution is 7.92. The minimum Gasteiger partial charge on any atom is -0.494 e. The number of ether oxygens (including phenoxy) is 1. The van der Waals surface area contributed by atoms with Gasteiger partial charge < -0.3 is 15.4 Å². The number of urea groups is 1. The van der Waals surface area contributed by atoms with E-state index in [1.54, 1.807) is 18.2 Å². The summed E-state index contributed by atoms with van der Waals surface area (Å²) in [5, 5.41) is 5.54. The molecular weight excluding hydrogens is 342 g/mol. The number of benzene rings is 1. The molecule has 140 valence electrons. The first-order valence-corrected chi connectivity index (χ1v) is 10.2. The van der Waals surface area contributed by atoms with Crippen molar-refractivity contribution in [1.82, 2.24) is 5.32 Å². The van der Waals surface area contributed by atoms with Crippen molar-refractivity contribution >= 4 is 27.4 Å². The lowest BCUT2D eigenvalue weighted by atomic mass is 10.1. The number of hydrogen-bond acceptors (Lipinski definition) is 4. The standard InChI is InChI=1S/C17H27N3O4S/c1-13(2)8-9-18-17(21)19-14-6-7-15(16(12-14)24-3)20-10-4-5-11-25(20,22)23/h6-7,12-13H,4-5,8-11H2,1-3H3,(H2,18,19,21). The maximum absolute atomic E-state index is 12.3. The summed E-state index contributed by atoms with van der Waals surface area (Å²) < 4.78 is 31.3. The molecule has 0 bridgehead atoms. The molecule has 8 heteroatoms. The fourth-order valence-electron chi connectivity index (χ4n) is 2.67. The van der Waals surface area contributed by atoms with Crippen LogP contribution in [-0.4, -0.2) is 40.4 Å². The second kappa shape index (κ2) is 8.42. The third-order valence-corrected chi connectivity index (χ3v) is 5.92. The quantitative estimate of drug-likeness (QED) is 0.807. The Balaban J connectivity index is 2.10. The minimum atomic E-state index is -3.31.